The van der Waals surface area contributed by atoms with Crippen LogP contribution in [0.4, 0.5) is 4.79 Å². The molecule has 1 unspecified atom stereocenters. The Bertz CT molecular complexity index is 234. The van der Waals surface area contributed by atoms with Crippen molar-refractivity contribution in [1.29, 1.82) is 0 Å². The molecule has 92 valence electrons. The first-order chi connectivity index (χ1) is 7.67. The molecule has 4 nitrogen and oxygen atoms in total. The highest BCUT2D eigenvalue weighted by molar-refractivity contribution is 5.74. The van der Waals surface area contributed by atoms with Crippen LogP contribution in [0.15, 0.2) is 12.7 Å². The van der Waals surface area contributed by atoms with E-state index in [1.54, 1.807) is 0 Å². The molecule has 0 aliphatic carbocycles. The second kappa shape index (κ2) is 6.53. The van der Waals surface area contributed by atoms with Gasteiger partial charge in [0.2, 0.25) is 0 Å². The lowest BCUT2D eigenvalue weighted by molar-refractivity contribution is 0.144. The monoisotopic (exact) mass is 225 g/mol. The number of amides is 2. The second-order valence-corrected chi connectivity index (χ2v) is 4.34. The maximum atomic E-state index is 11.8. The lowest BCUT2D eigenvalue weighted by Gasteiger charge is -2.34. The first kappa shape index (κ1) is 13.0. The largest absolute Gasteiger partial charge is 0.336 e. The molecule has 0 radical (unpaired) electrons. The molecule has 16 heavy (non-hydrogen) atoms. The van der Waals surface area contributed by atoms with Crippen LogP contribution < -0.4 is 5.32 Å². The van der Waals surface area contributed by atoms with Gasteiger partial charge in [0, 0.05) is 38.8 Å². The van der Waals surface area contributed by atoms with E-state index in [2.05, 4.69) is 23.7 Å². The summed E-state index contributed by atoms with van der Waals surface area (Å²) in [6, 6.07) is 0.339. The van der Waals surface area contributed by atoms with Crippen LogP contribution in [0.2, 0.25) is 0 Å². The van der Waals surface area contributed by atoms with Crippen molar-refractivity contribution in [2.75, 3.05) is 32.7 Å². The van der Waals surface area contributed by atoms with E-state index in [1.807, 2.05) is 17.9 Å². The Labute approximate surface area is 98.3 Å². The molecule has 0 aromatic heterocycles. The van der Waals surface area contributed by atoms with Crippen LogP contribution in [-0.4, -0.2) is 54.6 Å². The molecule has 1 saturated heterocycles. The van der Waals surface area contributed by atoms with Crippen LogP contribution in [0.25, 0.3) is 0 Å². The Hall–Kier alpha value is -1.03. The van der Waals surface area contributed by atoms with Gasteiger partial charge in [-0.25, -0.2) is 4.79 Å². The van der Waals surface area contributed by atoms with Crippen molar-refractivity contribution >= 4 is 6.03 Å². The Balaban J connectivity index is 2.30. The minimum absolute atomic E-state index is 0.0765. The van der Waals surface area contributed by atoms with E-state index in [0.717, 1.165) is 39.1 Å². The summed E-state index contributed by atoms with van der Waals surface area (Å²) in [5.74, 6) is 0. The molecule has 0 aromatic rings. The fraction of sp³-hybridized carbons (Fsp3) is 0.750. The second-order valence-electron chi connectivity index (χ2n) is 4.34. The summed E-state index contributed by atoms with van der Waals surface area (Å²) in [7, 11) is 0. The molecule has 0 spiro atoms. The third kappa shape index (κ3) is 3.85. The van der Waals surface area contributed by atoms with Crippen molar-refractivity contribution in [1.82, 2.24) is 15.1 Å². The Morgan fingerprint density at radius 2 is 2.06 bits per heavy atom. The average Bonchev–Trinajstić information content (AvgIpc) is 2.30. The number of piperazine rings is 1. The molecule has 1 N–H and O–H groups in total. The molecule has 1 heterocycles. The SMILES string of the molecule is C=CCN1CCN(C(=O)NC(C)CC)CC1. The zero-order valence-corrected chi connectivity index (χ0v) is 10.4. The van der Waals surface area contributed by atoms with Gasteiger partial charge in [0.05, 0.1) is 0 Å². The molecule has 4 heteroatoms. The van der Waals surface area contributed by atoms with Gasteiger partial charge in [0.1, 0.15) is 0 Å². The van der Waals surface area contributed by atoms with Crippen molar-refractivity contribution < 1.29 is 4.79 Å². The molecular weight excluding hydrogens is 202 g/mol. The molecule has 0 saturated carbocycles. The Kier molecular flexibility index (Phi) is 5.32. The summed E-state index contributed by atoms with van der Waals surface area (Å²) in [6.45, 7) is 12.3. The molecule has 1 aliphatic rings. The van der Waals surface area contributed by atoms with Gasteiger partial charge in [-0.2, -0.15) is 0 Å². The number of urea groups is 1. The number of hydrogen-bond acceptors (Lipinski definition) is 2. The highest BCUT2D eigenvalue weighted by Gasteiger charge is 2.20. The van der Waals surface area contributed by atoms with Gasteiger partial charge in [-0.3, -0.25) is 4.90 Å². The van der Waals surface area contributed by atoms with Gasteiger partial charge in [-0.1, -0.05) is 13.0 Å². The summed E-state index contributed by atoms with van der Waals surface area (Å²) >= 11 is 0. The molecule has 2 amide bonds. The molecule has 0 aromatic carbocycles. The third-order valence-corrected chi connectivity index (χ3v) is 3.03. The van der Waals surface area contributed by atoms with E-state index in [-0.39, 0.29) is 12.1 Å². The molecule has 1 atom stereocenters. The number of hydrogen-bond donors (Lipinski definition) is 1. The first-order valence-electron chi connectivity index (χ1n) is 6.06. The first-order valence-corrected chi connectivity index (χ1v) is 6.06. The Morgan fingerprint density at radius 1 is 1.44 bits per heavy atom. The fourth-order valence-electron chi connectivity index (χ4n) is 1.72. The zero-order valence-electron chi connectivity index (χ0n) is 10.4. The van der Waals surface area contributed by atoms with Crippen LogP contribution in [0.5, 0.6) is 0 Å². The lowest BCUT2D eigenvalue weighted by Crippen LogP contribution is -2.53. The van der Waals surface area contributed by atoms with E-state index in [0.29, 0.717) is 0 Å². The van der Waals surface area contributed by atoms with Gasteiger partial charge in [0.25, 0.3) is 0 Å². The van der Waals surface area contributed by atoms with Crippen molar-refractivity contribution in [3.63, 3.8) is 0 Å². The Morgan fingerprint density at radius 3 is 2.56 bits per heavy atom. The van der Waals surface area contributed by atoms with Crippen LogP contribution in [0.1, 0.15) is 20.3 Å². The van der Waals surface area contributed by atoms with Gasteiger partial charge in [-0.15, -0.1) is 6.58 Å². The van der Waals surface area contributed by atoms with Crippen LogP contribution in [0.3, 0.4) is 0 Å². The van der Waals surface area contributed by atoms with Crippen LogP contribution in [0, 0.1) is 0 Å². The molecule has 1 fully saturated rings. The molecular formula is C12H23N3O. The minimum atomic E-state index is 0.0765. The summed E-state index contributed by atoms with van der Waals surface area (Å²) in [5, 5.41) is 2.99. The number of carbonyl (C=O) groups is 1. The van der Waals surface area contributed by atoms with Crippen molar-refractivity contribution in [2.24, 2.45) is 0 Å². The normalized spacial score (nSPS) is 19.2. The zero-order chi connectivity index (χ0) is 12.0. The fourth-order valence-corrected chi connectivity index (χ4v) is 1.72. The van der Waals surface area contributed by atoms with E-state index < -0.39 is 0 Å². The average molecular weight is 225 g/mol. The highest BCUT2D eigenvalue weighted by Crippen LogP contribution is 2.02. The number of nitrogens with zero attached hydrogens (tertiary/aromatic N) is 2. The maximum Gasteiger partial charge on any atom is 0.317 e. The summed E-state index contributed by atoms with van der Waals surface area (Å²) < 4.78 is 0. The van der Waals surface area contributed by atoms with Gasteiger partial charge < -0.3 is 10.2 Å². The summed E-state index contributed by atoms with van der Waals surface area (Å²) in [5.41, 5.74) is 0. The van der Waals surface area contributed by atoms with E-state index in [4.69, 9.17) is 0 Å². The van der Waals surface area contributed by atoms with Crippen molar-refractivity contribution in [3.05, 3.63) is 12.7 Å². The molecule has 0 bridgehead atoms. The molecule has 1 aliphatic heterocycles. The maximum absolute atomic E-state index is 11.8. The topological polar surface area (TPSA) is 35.6 Å². The third-order valence-electron chi connectivity index (χ3n) is 3.03. The summed E-state index contributed by atoms with van der Waals surface area (Å²) in [4.78, 5) is 16.0. The highest BCUT2D eigenvalue weighted by atomic mass is 16.2. The van der Waals surface area contributed by atoms with E-state index in [1.165, 1.54) is 0 Å². The standard InChI is InChI=1S/C12H23N3O/c1-4-6-14-7-9-15(10-8-14)12(16)13-11(3)5-2/h4,11H,1,5-10H2,2-3H3,(H,13,16). The number of rotatable bonds is 4. The van der Waals surface area contributed by atoms with E-state index >= 15 is 0 Å². The van der Waals surface area contributed by atoms with Crippen LogP contribution in [-0.2, 0) is 0 Å². The van der Waals surface area contributed by atoms with Gasteiger partial charge in [0.15, 0.2) is 0 Å². The lowest BCUT2D eigenvalue weighted by atomic mass is 10.2. The van der Waals surface area contributed by atoms with E-state index in [9.17, 15) is 4.79 Å². The van der Waals surface area contributed by atoms with Gasteiger partial charge >= 0.3 is 6.03 Å². The predicted octanol–water partition coefficient (Wildman–Crippen LogP) is 1.30. The van der Waals surface area contributed by atoms with Crippen molar-refractivity contribution in [3.8, 4) is 0 Å². The van der Waals surface area contributed by atoms with Crippen LogP contribution >= 0.6 is 0 Å². The smallest absolute Gasteiger partial charge is 0.317 e. The quantitative estimate of drug-likeness (QED) is 0.732. The number of carbonyl (C=O) groups excluding carboxylic acids is 1. The predicted molar refractivity (Wildman–Crippen MR) is 66.5 cm³/mol. The van der Waals surface area contributed by atoms with Crippen molar-refractivity contribution in [2.45, 2.75) is 26.3 Å². The number of nitrogens with one attached hydrogen (secondary N) is 1. The van der Waals surface area contributed by atoms with Gasteiger partial charge in [-0.05, 0) is 13.3 Å². The molecule has 1 rings (SSSR count). The summed E-state index contributed by atoms with van der Waals surface area (Å²) in [6.07, 6.45) is 2.89. The minimum Gasteiger partial charge on any atom is -0.336 e.